The number of piperidine rings is 1. The SMILES string of the molecule is Cn1cc(-c2ccc3cnc(NC(=O)c4ccc(OC5CCNCC5)cc4)cc3c2)cn1. The molecule has 0 atom stereocenters. The van der Waals surface area contributed by atoms with Crippen molar-refractivity contribution in [3.8, 4) is 16.9 Å². The van der Waals surface area contributed by atoms with Gasteiger partial charge in [0.05, 0.1) is 6.20 Å². The van der Waals surface area contributed by atoms with Crippen molar-refractivity contribution in [1.82, 2.24) is 20.1 Å². The second-order valence-electron chi connectivity index (χ2n) is 8.08. The molecule has 1 amide bonds. The number of ether oxygens (including phenoxy) is 1. The first-order valence-electron chi connectivity index (χ1n) is 10.8. The van der Waals surface area contributed by atoms with Gasteiger partial charge in [0.25, 0.3) is 5.91 Å². The van der Waals surface area contributed by atoms with Crippen molar-refractivity contribution in [2.45, 2.75) is 18.9 Å². The second-order valence-corrected chi connectivity index (χ2v) is 8.08. The third-order valence-corrected chi connectivity index (χ3v) is 5.71. The van der Waals surface area contributed by atoms with Crippen LogP contribution in [0.25, 0.3) is 21.9 Å². The lowest BCUT2D eigenvalue weighted by molar-refractivity contribution is 0.102. The number of carbonyl (C=O) groups is 1. The Kier molecular flexibility index (Phi) is 5.56. The van der Waals surface area contributed by atoms with E-state index in [4.69, 9.17) is 4.74 Å². The fourth-order valence-corrected chi connectivity index (χ4v) is 3.94. The Hall–Kier alpha value is -3.71. The van der Waals surface area contributed by atoms with E-state index in [9.17, 15) is 4.79 Å². The predicted molar refractivity (Wildman–Crippen MR) is 125 cm³/mol. The smallest absolute Gasteiger partial charge is 0.256 e. The molecular formula is C25H25N5O2. The molecule has 0 aliphatic carbocycles. The maximum Gasteiger partial charge on any atom is 0.256 e. The molecule has 7 nitrogen and oxygen atoms in total. The first-order valence-corrected chi connectivity index (χ1v) is 10.8. The van der Waals surface area contributed by atoms with E-state index in [0.29, 0.717) is 11.4 Å². The molecule has 1 aliphatic rings. The third kappa shape index (κ3) is 4.48. The highest BCUT2D eigenvalue weighted by molar-refractivity contribution is 6.04. The monoisotopic (exact) mass is 427 g/mol. The molecule has 3 heterocycles. The number of hydrogen-bond donors (Lipinski definition) is 2. The van der Waals surface area contributed by atoms with Crippen LogP contribution in [0.4, 0.5) is 5.82 Å². The fourth-order valence-electron chi connectivity index (χ4n) is 3.94. The van der Waals surface area contributed by atoms with Crippen LogP contribution in [0.2, 0.25) is 0 Å². The Labute approximate surface area is 186 Å². The first-order chi connectivity index (χ1) is 15.6. The summed E-state index contributed by atoms with van der Waals surface area (Å²) < 4.78 is 7.79. The molecule has 1 fully saturated rings. The molecule has 32 heavy (non-hydrogen) atoms. The summed E-state index contributed by atoms with van der Waals surface area (Å²) in [5.41, 5.74) is 2.68. The Morgan fingerprint density at radius 2 is 1.84 bits per heavy atom. The largest absolute Gasteiger partial charge is 0.490 e. The number of amides is 1. The topological polar surface area (TPSA) is 81.1 Å². The third-order valence-electron chi connectivity index (χ3n) is 5.71. The molecule has 162 valence electrons. The zero-order valence-electron chi connectivity index (χ0n) is 17.9. The molecule has 5 rings (SSSR count). The number of hydrogen-bond acceptors (Lipinski definition) is 5. The molecular weight excluding hydrogens is 402 g/mol. The molecule has 1 aliphatic heterocycles. The van der Waals surface area contributed by atoms with Gasteiger partial charge in [0, 0.05) is 36.0 Å². The van der Waals surface area contributed by atoms with Crippen LogP contribution in [-0.2, 0) is 7.05 Å². The van der Waals surface area contributed by atoms with E-state index in [1.807, 2.05) is 49.8 Å². The van der Waals surface area contributed by atoms with Gasteiger partial charge in [-0.15, -0.1) is 0 Å². The predicted octanol–water partition coefficient (Wildman–Crippen LogP) is 4.02. The number of benzene rings is 2. The number of nitrogens with one attached hydrogen (secondary N) is 2. The maximum absolute atomic E-state index is 12.7. The van der Waals surface area contributed by atoms with Gasteiger partial charge in [-0.25, -0.2) is 4.98 Å². The Morgan fingerprint density at radius 3 is 2.59 bits per heavy atom. The molecule has 0 radical (unpaired) electrons. The number of pyridine rings is 1. The Bertz CT molecular complexity index is 1240. The van der Waals surface area contributed by atoms with E-state index >= 15 is 0 Å². The lowest BCUT2D eigenvalue weighted by Gasteiger charge is -2.23. The Morgan fingerprint density at radius 1 is 1.03 bits per heavy atom. The van der Waals surface area contributed by atoms with Crippen molar-refractivity contribution in [2.75, 3.05) is 18.4 Å². The zero-order chi connectivity index (χ0) is 21.9. The molecule has 0 saturated carbocycles. The summed E-state index contributed by atoms with van der Waals surface area (Å²) >= 11 is 0. The standard InChI is InChI=1S/C25H25N5O2/c1-30-16-21(15-28-30)18-2-3-19-14-27-24(13-20(19)12-18)29-25(31)17-4-6-22(7-5-17)32-23-8-10-26-11-9-23/h2-7,12-16,23,26H,8-11H2,1H3,(H,27,29,31). The average Bonchev–Trinajstić information content (AvgIpc) is 3.26. The second kappa shape index (κ2) is 8.80. The average molecular weight is 428 g/mol. The maximum atomic E-state index is 12.7. The van der Waals surface area contributed by atoms with Gasteiger partial charge in [-0.1, -0.05) is 12.1 Å². The normalized spacial score (nSPS) is 14.4. The zero-order valence-corrected chi connectivity index (χ0v) is 17.9. The minimum Gasteiger partial charge on any atom is -0.490 e. The van der Waals surface area contributed by atoms with Crippen LogP contribution in [-0.4, -0.2) is 39.9 Å². The Balaban J connectivity index is 1.29. The summed E-state index contributed by atoms with van der Waals surface area (Å²) in [6, 6.07) is 15.3. The van der Waals surface area contributed by atoms with E-state index in [2.05, 4.69) is 26.8 Å². The van der Waals surface area contributed by atoms with Crippen LogP contribution < -0.4 is 15.4 Å². The van der Waals surface area contributed by atoms with Crippen molar-refractivity contribution >= 4 is 22.5 Å². The van der Waals surface area contributed by atoms with Gasteiger partial charge in [0.15, 0.2) is 0 Å². The van der Waals surface area contributed by atoms with Crippen molar-refractivity contribution in [3.05, 3.63) is 72.7 Å². The molecule has 0 spiro atoms. The van der Waals surface area contributed by atoms with Gasteiger partial charge >= 0.3 is 0 Å². The highest BCUT2D eigenvalue weighted by Gasteiger charge is 2.15. The highest BCUT2D eigenvalue weighted by Crippen LogP contribution is 2.25. The summed E-state index contributed by atoms with van der Waals surface area (Å²) in [4.78, 5) is 17.1. The molecule has 7 heteroatoms. The molecule has 0 unspecified atom stereocenters. The lowest BCUT2D eigenvalue weighted by atomic mass is 10.1. The lowest BCUT2D eigenvalue weighted by Crippen LogP contribution is -2.34. The van der Waals surface area contributed by atoms with Crippen LogP contribution in [0.5, 0.6) is 5.75 Å². The minimum atomic E-state index is -0.200. The van der Waals surface area contributed by atoms with Gasteiger partial charge in [-0.05, 0) is 73.3 Å². The van der Waals surface area contributed by atoms with Crippen molar-refractivity contribution < 1.29 is 9.53 Å². The number of aromatic nitrogens is 3. The summed E-state index contributed by atoms with van der Waals surface area (Å²) in [5.74, 6) is 1.11. The van der Waals surface area contributed by atoms with Gasteiger partial charge in [0.1, 0.15) is 17.7 Å². The number of fused-ring (bicyclic) bond motifs is 1. The van der Waals surface area contributed by atoms with E-state index in [1.54, 1.807) is 23.0 Å². The molecule has 2 aromatic carbocycles. The van der Waals surface area contributed by atoms with Crippen LogP contribution in [0.1, 0.15) is 23.2 Å². The number of nitrogens with zero attached hydrogens (tertiary/aromatic N) is 3. The summed E-state index contributed by atoms with van der Waals surface area (Å²) in [6.07, 6.45) is 7.81. The first kappa shape index (κ1) is 20.2. The molecule has 1 saturated heterocycles. The van der Waals surface area contributed by atoms with E-state index in [0.717, 1.165) is 53.6 Å². The van der Waals surface area contributed by atoms with Crippen LogP contribution in [0.3, 0.4) is 0 Å². The molecule has 0 bridgehead atoms. The molecule has 2 aromatic heterocycles. The summed E-state index contributed by atoms with van der Waals surface area (Å²) in [7, 11) is 1.90. The van der Waals surface area contributed by atoms with Crippen LogP contribution >= 0.6 is 0 Å². The van der Waals surface area contributed by atoms with E-state index < -0.39 is 0 Å². The number of carbonyl (C=O) groups excluding carboxylic acids is 1. The fraction of sp³-hybridized carbons (Fsp3) is 0.240. The highest BCUT2D eigenvalue weighted by atomic mass is 16.5. The summed E-state index contributed by atoms with van der Waals surface area (Å²) in [6.45, 7) is 1.96. The van der Waals surface area contributed by atoms with Crippen molar-refractivity contribution in [3.63, 3.8) is 0 Å². The minimum absolute atomic E-state index is 0.200. The van der Waals surface area contributed by atoms with Crippen molar-refractivity contribution in [1.29, 1.82) is 0 Å². The van der Waals surface area contributed by atoms with E-state index in [-0.39, 0.29) is 12.0 Å². The van der Waals surface area contributed by atoms with Gasteiger partial charge < -0.3 is 15.4 Å². The van der Waals surface area contributed by atoms with E-state index in [1.165, 1.54) is 0 Å². The number of aryl methyl sites for hydroxylation is 1. The molecule has 4 aromatic rings. The quantitative estimate of drug-likeness (QED) is 0.503. The summed E-state index contributed by atoms with van der Waals surface area (Å²) in [5, 5.41) is 12.5. The van der Waals surface area contributed by atoms with Crippen LogP contribution in [0, 0.1) is 0 Å². The van der Waals surface area contributed by atoms with Gasteiger partial charge in [-0.3, -0.25) is 9.48 Å². The number of anilines is 1. The number of rotatable bonds is 5. The van der Waals surface area contributed by atoms with Gasteiger partial charge in [-0.2, -0.15) is 5.10 Å². The van der Waals surface area contributed by atoms with Crippen molar-refractivity contribution in [2.24, 2.45) is 7.05 Å². The van der Waals surface area contributed by atoms with Gasteiger partial charge in [0.2, 0.25) is 0 Å². The van der Waals surface area contributed by atoms with Crippen LogP contribution in [0.15, 0.2) is 67.1 Å². The molecule has 2 N–H and O–H groups in total.